The number of carbonyl (C=O) groups excluding carboxylic acids is 1. The minimum atomic E-state index is -3.38. The number of nitrogens with zero attached hydrogens (tertiary/aromatic N) is 5. The predicted molar refractivity (Wildman–Crippen MR) is 143 cm³/mol. The molecule has 1 atom stereocenters. The largest absolute Gasteiger partial charge is 0.473 e. The SMILES string of the molecule is CCCCN1CC[C@@H](Oc2c(N3CCN(S(=O)(=O)C(C)C)CC3)cnn(-c3cccc(Cl)c3)c2=O)C1=O. The highest BCUT2D eigenvalue weighted by atomic mass is 35.5. The molecule has 2 aliphatic rings. The number of halogens is 1. The van der Waals surface area contributed by atoms with Crippen LogP contribution in [0.4, 0.5) is 5.69 Å². The van der Waals surface area contributed by atoms with E-state index < -0.39 is 26.9 Å². The zero-order valence-electron chi connectivity index (χ0n) is 21.5. The number of unbranched alkanes of at least 4 members (excludes halogenated alkanes) is 1. The van der Waals surface area contributed by atoms with Crippen LogP contribution in [-0.2, 0) is 14.8 Å². The maximum Gasteiger partial charge on any atom is 0.316 e. The molecule has 0 saturated carbocycles. The number of piperazine rings is 1. The van der Waals surface area contributed by atoms with Gasteiger partial charge in [-0.3, -0.25) is 9.59 Å². The summed E-state index contributed by atoms with van der Waals surface area (Å²) in [6, 6.07) is 6.77. The van der Waals surface area contributed by atoms with Gasteiger partial charge in [0, 0.05) is 50.7 Å². The summed E-state index contributed by atoms with van der Waals surface area (Å²) in [5.74, 6) is -0.0939. The van der Waals surface area contributed by atoms with Gasteiger partial charge >= 0.3 is 5.56 Å². The van der Waals surface area contributed by atoms with Crippen molar-refractivity contribution in [3.8, 4) is 11.4 Å². The Bertz CT molecular complexity index is 1290. The molecule has 1 aromatic carbocycles. The van der Waals surface area contributed by atoms with Gasteiger partial charge in [-0.2, -0.15) is 14.1 Å². The third-order valence-electron chi connectivity index (χ3n) is 6.79. The van der Waals surface area contributed by atoms with E-state index in [4.69, 9.17) is 16.3 Å². The molecule has 0 radical (unpaired) electrons. The Morgan fingerprint density at radius 1 is 1.14 bits per heavy atom. The summed E-state index contributed by atoms with van der Waals surface area (Å²) in [5.41, 5.74) is 0.422. The number of ether oxygens (including phenoxy) is 1. The van der Waals surface area contributed by atoms with E-state index in [0.717, 1.165) is 12.8 Å². The molecule has 2 fully saturated rings. The summed E-state index contributed by atoms with van der Waals surface area (Å²) in [6.45, 7) is 7.94. The van der Waals surface area contributed by atoms with Gasteiger partial charge < -0.3 is 14.5 Å². The second-order valence-corrected chi connectivity index (χ2v) is 12.5. The molecule has 0 spiro atoms. The van der Waals surface area contributed by atoms with Crippen LogP contribution in [0.15, 0.2) is 35.3 Å². The number of benzene rings is 1. The highest BCUT2D eigenvalue weighted by molar-refractivity contribution is 7.89. The summed E-state index contributed by atoms with van der Waals surface area (Å²) >= 11 is 6.14. The highest BCUT2D eigenvalue weighted by Gasteiger charge is 2.36. The Morgan fingerprint density at radius 3 is 2.51 bits per heavy atom. The summed E-state index contributed by atoms with van der Waals surface area (Å²) in [5, 5.41) is 4.31. The second kappa shape index (κ2) is 11.4. The Kier molecular flexibility index (Phi) is 8.45. The minimum absolute atomic E-state index is 0.0332. The zero-order valence-corrected chi connectivity index (χ0v) is 23.0. The van der Waals surface area contributed by atoms with Crippen molar-refractivity contribution in [3.63, 3.8) is 0 Å². The standard InChI is InChI=1S/C25H34ClN5O5S/c1-4-5-10-29-11-9-22(24(29)32)36-23-21(28-12-14-30(15-13-28)37(34,35)18(2)3)17-27-31(25(23)33)20-8-6-7-19(26)16-20/h6-8,16-18,22H,4-5,9-15H2,1-3H3/t22-/m1/s1. The van der Waals surface area contributed by atoms with Gasteiger partial charge in [-0.1, -0.05) is 31.0 Å². The number of sulfonamides is 1. The summed E-state index contributed by atoms with van der Waals surface area (Å²) in [6.07, 6.45) is 3.15. The molecule has 10 nitrogen and oxygen atoms in total. The molecular formula is C25H34ClN5O5S. The van der Waals surface area contributed by atoms with Crippen LogP contribution < -0.4 is 15.2 Å². The molecule has 4 rings (SSSR count). The normalized spacial score (nSPS) is 19.2. The molecule has 3 heterocycles. The quantitative estimate of drug-likeness (QED) is 0.471. The van der Waals surface area contributed by atoms with Crippen molar-refractivity contribution >= 4 is 33.2 Å². The Hall–Kier alpha value is -2.63. The van der Waals surface area contributed by atoms with Crippen LogP contribution in [0.25, 0.3) is 5.69 Å². The molecule has 1 aromatic heterocycles. The number of rotatable bonds is 9. The van der Waals surface area contributed by atoms with Crippen LogP contribution in [0.3, 0.4) is 0 Å². The van der Waals surface area contributed by atoms with Crippen LogP contribution in [0.5, 0.6) is 5.75 Å². The van der Waals surface area contributed by atoms with Gasteiger partial charge in [-0.25, -0.2) is 8.42 Å². The van der Waals surface area contributed by atoms with Gasteiger partial charge in [-0.05, 0) is 38.5 Å². The van der Waals surface area contributed by atoms with E-state index in [1.807, 2.05) is 4.90 Å². The van der Waals surface area contributed by atoms with Crippen molar-refractivity contribution in [1.29, 1.82) is 0 Å². The fourth-order valence-electron chi connectivity index (χ4n) is 4.57. The molecule has 37 heavy (non-hydrogen) atoms. The van der Waals surface area contributed by atoms with Gasteiger partial charge in [0.05, 0.1) is 17.1 Å². The van der Waals surface area contributed by atoms with E-state index in [1.165, 1.54) is 8.99 Å². The number of amides is 1. The summed E-state index contributed by atoms with van der Waals surface area (Å²) in [4.78, 5) is 30.4. The van der Waals surface area contributed by atoms with E-state index in [9.17, 15) is 18.0 Å². The average Bonchev–Trinajstić information content (AvgIpc) is 3.22. The first-order chi connectivity index (χ1) is 17.6. The molecule has 2 aromatic rings. The molecule has 0 bridgehead atoms. The van der Waals surface area contributed by atoms with Gasteiger partial charge in [0.25, 0.3) is 5.91 Å². The molecule has 2 aliphatic heterocycles. The van der Waals surface area contributed by atoms with Gasteiger partial charge in [0.2, 0.25) is 15.8 Å². The van der Waals surface area contributed by atoms with Crippen molar-refractivity contribution < 1.29 is 17.9 Å². The molecule has 0 aliphatic carbocycles. The maximum atomic E-state index is 13.7. The van der Waals surface area contributed by atoms with E-state index in [0.29, 0.717) is 49.0 Å². The molecular weight excluding hydrogens is 518 g/mol. The number of aromatic nitrogens is 2. The molecule has 2 saturated heterocycles. The van der Waals surface area contributed by atoms with Crippen LogP contribution >= 0.6 is 11.6 Å². The predicted octanol–water partition coefficient (Wildman–Crippen LogP) is 2.53. The number of hydrogen-bond donors (Lipinski definition) is 0. The van der Waals surface area contributed by atoms with Gasteiger partial charge in [0.1, 0.15) is 5.69 Å². The number of hydrogen-bond acceptors (Lipinski definition) is 7. The summed E-state index contributed by atoms with van der Waals surface area (Å²) in [7, 11) is -3.38. The lowest BCUT2D eigenvalue weighted by atomic mass is 10.2. The van der Waals surface area contributed by atoms with Gasteiger partial charge in [-0.15, -0.1) is 0 Å². The van der Waals surface area contributed by atoms with E-state index >= 15 is 0 Å². The van der Waals surface area contributed by atoms with Crippen LogP contribution in [0, 0.1) is 0 Å². The first-order valence-electron chi connectivity index (χ1n) is 12.7. The van der Waals surface area contributed by atoms with E-state index in [1.54, 1.807) is 49.2 Å². The minimum Gasteiger partial charge on any atom is -0.473 e. The lowest BCUT2D eigenvalue weighted by Gasteiger charge is -2.36. The fourth-order valence-corrected chi connectivity index (χ4v) is 6.02. The van der Waals surface area contributed by atoms with E-state index in [2.05, 4.69) is 12.0 Å². The van der Waals surface area contributed by atoms with Crippen molar-refractivity contribution in [2.75, 3.05) is 44.2 Å². The average molecular weight is 552 g/mol. The van der Waals surface area contributed by atoms with Crippen molar-refractivity contribution in [1.82, 2.24) is 19.0 Å². The lowest BCUT2D eigenvalue weighted by Crippen LogP contribution is -2.51. The van der Waals surface area contributed by atoms with Crippen LogP contribution in [-0.4, -0.2) is 83.9 Å². The third-order valence-corrected chi connectivity index (χ3v) is 9.30. The smallest absolute Gasteiger partial charge is 0.316 e. The molecule has 0 unspecified atom stereocenters. The van der Waals surface area contributed by atoms with Gasteiger partial charge in [0.15, 0.2) is 6.10 Å². The Balaban J connectivity index is 1.65. The van der Waals surface area contributed by atoms with Crippen molar-refractivity contribution in [3.05, 3.63) is 45.8 Å². The van der Waals surface area contributed by atoms with Crippen LogP contribution in [0.2, 0.25) is 5.02 Å². The highest BCUT2D eigenvalue weighted by Crippen LogP contribution is 2.29. The monoisotopic (exact) mass is 551 g/mol. The number of likely N-dealkylation sites (tertiary alicyclic amines) is 1. The Morgan fingerprint density at radius 2 is 1.86 bits per heavy atom. The Labute approximate surface area is 222 Å². The first-order valence-corrected chi connectivity index (χ1v) is 14.6. The lowest BCUT2D eigenvalue weighted by molar-refractivity contribution is -0.133. The number of anilines is 1. The molecule has 202 valence electrons. The topological polar surface area (TPSA) is 105 Å². The second-order valence-electron chi connectivity index (χ2n) is 9.61. The molecule has 12 heteroatoms. The van der Waals surface area contributed by atoms with Crippen LogP contribution in [0.1, 0.15) is 40.0 Å². The molecule has 0 N–H and O–H groups in total. The third kappa shape index (κ3) is 5.78. The van der Waals surface area contributed by atoms with Crippen molar-refractivity contribution in [2.24, 2.45) is 0 Å². The number of carbonyl (C=O) groups is 1. The molecule has 1 amide bonds. The summed E-state index contributed by atoms with van der Waals surface area (Å²) < 4.78 is 34.1. The zero-order chi connectivity index (χ0) is 26.7. The van der Waals surface area contributed by atoms with E-state index in [-0.39, 0.29) is 24.7 Å². The maximum absolute atomic E-state index is 13.7. The van der Waals surface area contributed by atoms with Crippen molar-refractivity contribution in [2.45, 2.75) is 51.4 Å². The fraction of sp³-hybridized carbons (Fsp3) is 0.560. The first kappa shape index (κ1) is 27.4.